The first-order valence-electron chi connectivity index (χ1n) is 9.62. The summed E-state index contributed by atoms with van der Waals surface area (Å²) in [6.07, 6.45) is 3.57. The standard InChI is InChI=1S/C20H32N4O/c1-15-8-13-24(14-15)19-6-4-18(5-7-19)22-20(25)21-16(2)17-9-11-23(3)12-10-17/h4-7,15-17H,8-14H2,1-3H3,(H2,21,22,25)/t15-,16+/m0/s1. The number of nitrogens with zero attached hydrogens (tertiary/aromatic N) is 2. The maximum atomic E-state index is 12.3. The van der Waals surface area contributed by atoms with Crippen LogP contribution in [0.5, 0.6) is 0 Å². The van der Waals surface area contributed by atoms with Crippen molar-refractivity contribution in [3.8, 4) is 0 Å². The first-order valence-corrected chi connectivity index (χ1v) is 9.62. The van der Waals surface area contributed by atoms with Gasteiger partial charge in [0.15, 0.2) is 0 Å². The minimum Gasteiger partial charge on any atom is -0.371 e. The minimum absolute atomic E-state index is 0.103. The molecule has 5 heteroatoms. The smallest absolute Gasteiger partial charge is 0.319 e. The average molecular weight is 345 g/mol. The van der Waals surface area contributed by atoms with Gasteiger partial charge in [-0.25, -0.2) is 4.79 Å². The van der Waals surface area contributed by atoms with Gasteiger partial charge in [0.05, 0.1) is 0 Å². The molecule has 5 nitrogen and oxygen atoms in total. The number of benzene rings is 1. The summed E-state index contributed by atoms with van der Waals surface area (Å²) in [5.74, 6) is 1.34. The maximum absolute atomic E-state index is 12.3. The van der Waals surface area contributed by atoms with Crippen LogP contribution in [0.25, 0.3) is 0 Å². The van der Waals surface area contributed by atoms with E-state index in [2.05, 4.69) is 53.5 Å². The van der Waals surface area contributed by atoms with Gasteiger partial charge >= 0.3 is 6.03 Å². The Morgan fingerprint density at radius 3 is 2.40 bits per heavy atom. The third-order valence-electron chi connectivity index (χ3n) is 5.74. The van der Waals surface area contributed by atoms with Gasteiger partial charge in [-0.1, -0.05) is 6.92 Å². The Balaban J connectivity index is 1.47. The van der Waals surface area contributed by atoms with Crippen molar-refractivity contribution in [3.05, 3.63) is 24.3 Å². The Morgan fingerprint density at radius 1 is 1.12 bits per heavy atom. The van der Waals surface area contributed by atoms with Gasteiger partial charge in [0, 0.05) is 30.5 Å². The molecule has 1 aromatic rings. The largest absolute Gasteiger partial charge is 0.371 e. The van der Waals surface area contributed by atoms with Crippen molar-refractivity contribution >= 4 is 17.4 Å². The van der Waals surface area contributed by atoms with Gasteiger partial charge in [-0.05, 0) is 82.4 Å². The number of likely N-dealkylation sites (tertiary alicyclic amines) is 1. The van der Waals surface area contributed by atoms with Crippen LogP contribution in [0.15, 0.2) is 24.3 Å². The van der Waals surface area contributed by atoms with E-state index >= 15 is 0 Å². The first kappa shape index (κ1) is 18.1. The zero-order valence-corrected chi connectivity index (χ0v) is 15.8. The molecule has 3 rings (SSSR count). The Labute approximate surface area is 151 Å². The highest BCUT2D eigenvalue weighted by Gasteiger charge is 2.23. The summed E-state index contributed by atoms with van der Waals surface area (Å²) >= 11 is 0. The Kier molecular flexibility index (Phi) is 5.84. The van der Waals surface area contributed by atoms with Crippen LogP contribution in [-0.4, -0.2) is 50.2 Å². The summed E-state index contributed by atoms with van der Waals surface area (Å²) in [7, 11) is 2.16. The molecule has 25 heavy (non-hydrogen) atoms. The molecule has 0 saturated carbocycles. The molecule has 0 aliphatic carbocycles. The van der Waals surface area contributed by atoms with Crippen molar-refractivity contribution in [2.24, 2.45) is 11.8 Å². The number of nitrogens with one attached hydrogen (secondary N) is 2. The fourth-order valence-corrected chi connectivity index (χ4v) is 3.95. The molecule has 2 saturated heterocycles. The average Bonchev–Trinajstić information content (AvgIpc) is 3.02. The van der Waals surface area contributed by atoms with Crippen LogP contribution >= 0.6 is 0 Å². The van der Waals surface area contributed by atoms with Crippen LogP contribution in [0.3, 0.4) is 0 Å². The number of piperidine rings is 1. The Morgan fingerprint density at radius 2 is 1.80 bits per heavy atom. The van der Waals surface area contributed by atoms with E-state index < -0.39 is 0 Å². The van der Waals surface area contributed by atoms with Crippen LogP contribution in [0.2, 0.25) is 0 Å². The van der Waals surface area contributed by atoms with Crippen molar-refractivity contribution in [1.29, 1.82) is 0 Å². The van der Waals surface area contributed by atoms with Crippen LogP contribution in [0.1, 0.15) is 33.1 Å². The van der Waals surface area contributed by atoms with Gasteiger partial charge in [0.2, 0.25) is 0 Å². The molecule has 2 atom stereocenters. The lowest BCUT2D eigenvalue weighted by atomic mass is 9.91. The third kappa shape index (κ3) is 4.88. The third-order valence-corrected chi connectivity index (χ3v) is 5.74. The molecule has 2 aliphatic rings. The van der Waals surface area contributed by atoms with Gasteiger partial charge in [-0.2, -0.15) is 0 Å². The summed E-state index contributed by atoms with van der Waals surface area (Å²) in [5, 5.41) is 6.08. The number of urea groups is 1. The Hall–Kier alpha value is -1.75. The number of amides is 2. The zero-order valence-electron chi connectivity index (χ0n) is 15.8. The van der Waals surface area contributed by atoms with Crippen LogP contribution < -0.4 is 15.5 Å². The van der Waals surface area contributed by atoms with E-state index in [1.165, 1.54) is 12.1 Å². The van der Waals surface area contributed by atoms with Gasteiger partial charge in [0.1, 0.15) is 0 Å². The second-order valence-electron chi connectivity index (χ2n) is 7.91. The van der Waals surface area contributed by atoms with Gasteiger partial charge < -0.3 is 20.4 Å². The molecule has 0 bridgehead atoms. The van der Waals surface area contributed by atoms with Gasteiger partial charge in [-0.3, -0.25) is 0 Å². The van der Waals surface area contributed by atoms with Crippen LogP contribution in [0, 0.1) is 11.8 Å². The van der Waals surface area contributed by atoms with Crippen molar-refractivity contribution in [1.82, 2.24) is 10.2 Å². The summed E-state index contributed by atoms with van der Waals surface area (Å²) in [5.41, 5.74) is 2.10. The molecule has 0 unspecified atom stereocenters. The number of hydrogen-bond acceptors (Lipinski definition) is 3. The second-order valence-corrected chi connectivity index (χ2v) is 7.91. The van der Waals surface area contributed by atoms with Crippen molar-refractivity contribution in [2.75, 3.05) is 43.4 Å². The summed E-state index contributed by atoms with van der Waals surface area (Å²) in [4.78, 5) is 17.0. The van der Waals surface area contributed by atoms with Crippen LogP contribution in [-0.2, 0) is 0 Å². The molecule has 2 heterocycles. The predicted molar refractivity (Wildman–Crippen MR) is 104 cm³/mol. The fourth-order valence-electron chi connectivity index (χ4n) is 3.95. The van der Waals surface area contributed by atoms with E-state index in [1.807, 2.05) is 12.1 Å². The monoisotopic (exact) mass is 344 g/mol. The van der Waals surface area contributed by atoms with E-state index in [9.17, 15) is 4.79 Å². The molecule has 2 N–H and O–H groups in total. The number of carbonyl (C=O) groups is 1. The fraction of sp³-hybridized carbons (Fsp3) is 0.650. The molecular formula is C20H32N4O. The normalized spacial score (nSPS) is 23.5. The summed E-state index contributed by atoms with van der Waals surface area (Å²) < 4.78 is 0. The lowest BCUT2D eigenvalue weighted by Gasteiger charge is -2.33. The highest BCUT2D eigenvalue weighted by Crippen LogP contribution is 2.25. The molecule has 0 aromatic heterocycles. The highest BCUT2D eigenvalue weighted by molar-refractivity contribution is 5.89. The van der Waals surface area contributed by atoms with Crippen LogP contribution in [0.4, 0.5) is 16.2 Å². The number of hydrogen-bond donors (Lipinski definition) is 2. The van der Waals surface area contributed by atoms with Crippen molar-refractivity contribution in [2.45, 2.75) is 39.2 Å². The summed E-state index contributed by atoms with van der Waals surface area (Å²) in [6, 6.07) is 8.31. The number of anilines is 2. The zero-order chi connectivity index (χ0) is 17.8. The van der Waals surface area contributed by atoms with E-state index in [4.69, 9.17) is 0 Å². The van der Waals surface area contributed by atoms with Crippen molar-refractivity contribution in [3.63, 3.8) is 0 Å². The number of carbonyl (C=O) groups excluding carboxylic acids is 1. The van der Waals surface area contributed by atoms with Crippen molar-refractivity contribution < 1.29 is 4.79 Å². The lowest BCUT2D eigenvalue weighted by molar-refractivity contribution is 0.189. The molecular weight excluding hydrogens is 312 g/mol. The molecule has 0 radical (unpaired) electrons. The first-order chi connectivity index (χ1) is 12.0. The highest BCUT2D eigenvalue weighted by atomic mass is 16.2. The minimum atomic E-state index is -0.103. The molecule has 2 amide bonds. The van der Waals surface area contributed by atoms with E-state index in [1.54, 1.807) is 0 Å². The molecule has 2 aliphatic heterocycles. The van der Waals surface area contributed by atoms with Gasteiger partial charge in [0.25, 0.3) is 0 Å². The predicted octanol–water partition coefficient (Wildman–Crippen LogP) is 3.38. The Bertz CT molecular complexity index is 566. The lowest BCUT2D eigenvalue weighted by Crippen LogP contribution is -2.44. The molecule has 2 fully saturated rings. The van der Waals surface area contributed by atoms with Gasteiger partial charge in [-0.15, -0.1) is 0 Å². The molecule has 0 spiro atoms. The SMILES string of the molecule is C[C@H]1CCN(c2ccc(NC(=O)N[C@H](C)C3CCN(C)CC3)cc2)C1. The quantitative estimate of drug-likeness (QED) is 0.880. The molecule has 138 valence electrons. The van der Waals surface area contributed by atoms with E-state index in [-0.39, 0.29) is 12.1 Å². The maximum Gasteiger partial charge on any atom is 0.319 e. The summed E-state index contributed by atoms with van der Waals surface area (Å²) in [6.45, 7) is 8.91. The molecule has 1 aromatic carbocycles. The second kappa shape index (κ2) is 8.09. The van der Waals surface area contributed by atoms with E-state index in [0.29, 0.717) is 5.92 Å². The number of rotatable bonds is 4. The van der Waals surface area contributed by atoms with E-state index in [0.717, 1.165) is 50.6 Å². The topological polar surface area (TPSA) is 47.6 Å².